The van der Waals surface area contributed by atoms with E-state index in [9.17, 15) is 9.59 Å². The second-order valence-corrected chi connectivity index (χ2v) is 2.87. The zero-order chi connectivity index (χ0) is 9.68. The number of aromatic nitrogens is 2. The Bertz CT molecular complexity index is 287. The number of aliphatic carboxylic acids is 1. The second kappa shape index (κ2) is 4.51. The van der Waals surface area contributed by atoms with E-state index in [4.69, 9.17) is 5.11 Å². The van der Waals surface area contributed by atoms with Gasteiger partial charge in [-0.2, -0.15) is 0 Å². The molecule has 0 fully saturated rings. The Hall–Kier alpha value is -1.50. The van der Waals surface area contributed by atoms with Crippen molar-refractivity contribution in [1.29, 1.82) is 0 Å². The number of hydrogen-bond donors (Lipinski definition) is 2. The first-order valence-corrected chi connectivity index (χ1v) is 4.26. The van der Waals surface area contributed by atoms with Gasteiger partial charge in [-0.05, 0) is 11.5 Å². The fourth-order valence-electron chi connectivity index (χ4n) is 0.829. The molecule has 2 N–H and O–H groups in total. The van der Waals surface area contributed by atoms with Gasteiger partial charge >= 0.3 is 5.97 Å². The minimum Gasteiger partial charge on any atom is -0.481 e. The van der Waals surface area contributed by atoms with Gasteiger partial charge in [0.15, 0.2) is 0 Å². The van der Waals surface area contributed by atoms with Crippen LogP contribution in [0.1, 0.15) is 18.2 Å². The van der Waals surface area contributed by atoms with Crippen LogP contribution in [0, 0.1) is 0 Å². The zero-order valence-corrected chi connectivity index (χ0v) is 7.32. The quantitative estimate of drug-likeness (QED) is 0.643. The van der Waals surface area contributed by atoms with Gasteiger partial charge in [0, 0.05) is 5.38 Å². The van der Waals surface area contributed by atoms with Crippen molar-refractivity contribution in [2.75, 3.05) is 0 Å². The van der Waals surface area contributed by atoms with Crippen molar-refractivity contribution in [3.8, 4) is 0 Å². The molecule has 0 saturated heterocycles. The summed E-state index contributed by atoms with van der Waals surface area (Å²) < 4.78 is 3.58. The summed E-state index contributed by atoms with van der Waals surface area (Å²) in [5.74, 6) is -0.993. The van der Waals surface area contributed by atoms with E-state index >= 15 is 0 Å². The number of carboxylic acids is 1. The Morgan fingerprint density at radius 2 is 2.62 bits per heavy atom. The number of amides is 1. The van der Waals surface area contributed by atoms with Crippen LogP contribution in [0.5, 0.6) is 0 Å². The van der Waals surface area contributed by atoms with Crippen molar-refractivity contribution in [3.63, 3.8) is 0 Å². The summed E-state index contributed by atoms with van der Waals surface area (Å²) in [4.78, 5) is 20.5. The van der Waals surface area contributed by atoms with Gasteiger partial charge in [0.1, 0.15) is 0 Å². The van der Waals surface area contributed by atoms with Crippen LogP contribution in [-0.4, -0.2) is 27.1 Å². The van der Waals surface area contributed by atoms with E-state index in [0.717, 1.165) is 11.5 Å². The van der Waals surface area contributed by atoms with Crippen molar-refractivity contribution < 1.29 is 14.7 Å². The number of nitrogens with zero attached hydrogens (tertiary/aromatic N) is 2. The molecule has 0 radical (unpaired) electrons. The van der Waals surface area contributed by atoms with Crippen LogP contribution in [0.2, 0.25) is 0 Å². The van der Waals surface area contributed by atoms with E-state index < -0.39 is 12.0 Å². The van der Waals surface area contributed by atoms with E-state index in [0.29, 0.717) is 12.1 Å². The molecule has 0 spiro atoms. The summed E-state index contributed by atoms with van der Waals surface area (Å²) in [6.07, 6.45) is 0.261. The lowest BCUT2D eigenvalue weighted by Gasteiger charge is -2.09. The fraction of sp³-hybridized carbons (Fsp3) is 0.333. The SMILES string of the molecule is O=CNC(CC(=O)O)c1csnn1. The molecular formula is C6H7N3O3S. The third-order valence-electron chi connectivity index (χ3n) is 1.38. The van der Waals surface area contributed by atoms with Crippen molar-refractivity contribution >= 4 is 23.9 Å². The van der Waals surface area contributed by atoms with Gasteiger partial charge in [-0.25, -0.2) is 0 Å². The lowest BCUT2D eigenvalue weighted by Crippen LogP contribution is -2.22. The number of hydrogen-bond acceptors (Lipinski definition) is 5. The van der Waals surface area contributed by atoms with Crippen LogP contribution < -0.4 is 5.32 Å². The van der Waals surface area contributed by atoms with Gasteiger partial charge in [0.2, 0.25) is 6.41 Å². The molecular weight excluding hydrogens is 194 g/mol. The van der Waals surface area contributed by atoms with Gasteiger partial charge in [-0.15, -0.1) is 5.10 Å². The Kier molecular flexibility index (Phi) is 3.32. The summed E-state index contributed by atoms with van der Waals surface area (Å²) in [6.45, 7) is 0. The third-order valence-corrected chi connectivity index (χ3v) is 1.90. The van der Waals surface area contributed by atoms with Crippen molar-refractivity contribution in [3.05, 3.63) is 11.1 Å². The van der Waals surface area contributed by atoms with Crippen LogP contribution in [-0.2, 0) is 9.59 Å². The highest BCUT2D eigenvalue weighted by Crippen LogP contribution is 2.14. The number of nitrogens with one attached hydrogen (secondary N) is 1. The average Bonchev–Trinajstić information content (AvgIpc) is 2.54. The molecule has 1 rings (SSSR count). The largest absolute Gasteiger partial charge is 0.481 e. The molecule has 0 aromatic carbocycles. The molecule has 1 aromatic rings. The van der Waals surface area contributed by atoms with Crippen LogP contribution in [0.3, 0.4) is 0 Å². The smallest absolute Gasteiger partial charge is 0.305 e. The fourth-order valence-corrected chi connectivity index (χ4v) is 1.34. The minimum atomic E-state index is -0.993. The van der Waals surface area contributed by atoms with Crippen LogP contribution >= 0.6 is 11.5 Å². The first kappa shape index (κ1) is 9.59. The van der Waals surface area contributed by atoms with E-state index in [1.165, 1.54) is 0 Å². The van der Waals surface area contributed by atoms with Gasteiger partial charge in [-0.3, -0.25) is 9.59 Å². The molecule has 0 aliphatic carbocycles. The van der Waals surface area contributed by atoms with Gasteiger partial charge in [0.25, 0.3) is 0 Å². The zero-order valence-electron chi connectivity index (χ0n) is 6.51. The van der Waals surface area contributed by atoms with Crippen molar-refractivity contribution in [2.24, 2.45) is 0 Å². The highest BCUT2D eigenvalue weighted by molar-refractivity contribution is 7.03. The summed E-state index contributed by atoms with van der Waals surface area (Å²) in [7, 11) is 0. The first-order valence-electron chi connectivity index (χ1n) is 3.42. The molecule has 1 atom stereocenters. The standard InChI is InChI=1S/C6H7N3O3S/c10-3-7-4(1-6(11)12)5-2-13-9-8-5/h2-4H,1H2,(H,7,10)(H,11,12). The predicted octanol–water partition coefficient (Wildman–Crippen LogP) is -0.200. The molecule has 70 valence electrons. The molecule has 13 heavy (non-hydrogen) atoms. The number of carboxylic acid groups (broad SMARTS) is 1. The summed E-state index contributed by atoms with van der Waals surface area (Å²) in [6, 6.07) is -0.589. The molecule has 1 amide bonds. The lowest BCUT2D eigenvalue weighted by atomic mass is 10.1. The molecule has 0 aliphatic heterocycles. The van der Waals surface area contributed by atoms with E-state index in [-0.39, 0.29) is 6.42 Å². The summed E-state index contributed by atoms with van der Waals surface area (Å²) in [5, 5.41) is 16.1. The number of carbonyl (C=O) groups excluding carboxylic acids is 1. The Morgan fingerprint density at radius 3 is 3.08 bits per heavy atom. The second-order valence-electron chi connectivity index (χ2n) is 2.26. The molecule has 0 aliphatic rings. The number of rotatable bonds is 5. The Morgan fingerprint density at radius 1 is 1.85 bits per heavy atom. The van der Waals surface area contributed by atoms with Gasteiger partial charge in [-0.1, -0.05) is 4.49 Å². The van der Waals surface area contributed by atoms with E-state index in [1.54, 1.807) is 5.38 Å². The molecule has 0 saturated carbocycles. The normalized spacial score (nSPS) is 12.0. The van der Waals surface area contributed by atoms with Crippen molar-refractivity contribution in [1.82, 2.24) is 14.9 Å². The summed E-state index contributed by atoms with van der Waals surface area (Å²) in [5.41, 5.74) is 0.472. The van der Waals surface area contributed by atoms with Crippen LogP contribution in [0.15, 0.2) is 5.38 Å². The van der Waals surface area contributed by atoms with Crippen molar-refractivity contribution in [2.45, 2.75) is 12.5 Å². The third kappa shape index (κ3) is 2.79. The molecule has 1 aromatic heterocycles. The summed E-state index contributed by atoms with van der Waals surface area (Å²) >= 11 is 1.11. The van der Waals surface area contributed by atoms with E-state index in [2.05, 4.69) is 14.9 Å². The highest BCUT2D eigenvalue weighted by Gasteiger charge is 2.16. The maximum absolute atomic E-state index is 10.4. The Balaban J connectivity index is 2.67. The molecule has 1 unspecified atom stereocenters. The number of carbonyl (C=O) groups is 2. The monoisotopic (exact) mass is 201 g/mol. The highest BCUT2D eigenvalue weighted by atomic mass is 32.1. The maximum atomic E-state index is 10.4. The van der Waals surface area contributed by atoms with Gasteiger partial charge in [0.05, 0.1) is 18.2 Å². The van der Waals surface area contributed by atoms with E-state index in [1.807, 2.05) is 0 Å². The van der Waals surface area contributed by atoms with Crippen LogP contribution in [0.25, 0.3) is 0 Å². The Labute approximate surface area is 77.7 Å². The predicted molar refractivity (Wildman–Crippen MR) is 44.1 cm³/mol. The lowest BCUT2D eigenvalue weighted by molar-refractivity contribution is -0.137. The topological polar surface area (TPSA) is 92.2 Å². The maximum Gasteiger partial charge on any atom is 0.305 e. The average molecular weight is 201 g/mol. The van der Waals surface area contributed by atoms with Crippen LogP contribution in [0.4, 0.5) is 0 Å². The minimum absolute atomic E-state index is 0.190. The first-order chi connectivity index (χ1) is 6.24. The molecule has 6 nitrogen and oxygen atoms in total. The molecule has 7 heteroatoms. The molecule has 0 bridgehead atoms. The van der Waals surface area contributed by atoms with Gasteiger partial charge < -0.3 is 10.4 Å². The molecule has 1 heterocycles.